The molecule has 1 atom stereocenters. The monoisotopic (exact) mass is 259 g/mol. The number of hydrogen-bond donors (Lipinski definition) is 0. The Labute approximate surface area is 115 Å². The Morgan fingerprint density at radius 1 is 1.47 bits per heavy atom. The normalized spacial score (nSPS) is 19.2. The fourth-order valence-electron chi connectivity index (χ4n) is 2.15. The number of carbonyl (C=O) groups is 1. The van der Waals surface area contributed by atoms with Gasteiger partial charge in [-0.3, -0.25) is 4.79 Å². The summed E-state index contributed by atoms with van der Waals surface area (Å²) >= 11 is 0. The Morgan fingerprint density at radius 2 is 2.16 bits per heavy atom. The third-order valence-electron chi connectivity index (χ3n) is 3.11. The quantitative estimate of drug-likeness (QED) is 0.541. The molecule has 0 amide bonds. The summed E-state index contributed by atoms with van der Waals surface area (Å²) < 4.78 is 5.68. The van der Waals surface area contributed by atoms with E-state index in [4.69, 9.17) is 4.74 Å². The second kappa shape index (κ2) is 6.90. The fraction of sp³-hybridized carbons (Fsp3) is 0.312. The van der Waals surface area contributed by atoms with E-state index in [-0.39, 0.29) is 6.10 Å². The van der Waals surface area contributed by atoms with Crippen LogP contribution in [0.5, 0.6) is 0 Å². The summed E-state index contributed by atoms with van der Waals surface area (Å²) in [4.78, 5) is 13.1. The molecule has 0 saturated heterocycles. The van der Waals surface area contributed by atoms with E-state index >= 15 is 0 Å². The van der Waals surface area contributed by atoms with Crippen LogP contribution < -0.4 is 0 Å². The SMILES string of the molecule is C=CCOC(C)C1=C(C)C(C=O)=C/C(=C/C)N1C=C. The molecule has 1 rings (SSSR count). The van der Waals surface area contributed by atoms with Gasteiger partial charge in [-0.1, -0.05) is 18.7 Å². The maximum atomic E-state index is 11.2. The smallest absolute Gasteiger partial charge is 0.150 e. The van der Waals surface area contributed by atoms with Crippen LogP contribution in [0.3, 0.4) is 0 Å². The van der Waals surface area contributed by atoms with E-state index in [1.807, 2.05) is 37.8 Å². The average molecular weight is 259 g/mol. The molecular weight excluding hydrogens is 238 g/mol. The lowest BCUT2D eigenvalue weighted by Crippen LogP contribution is -2.29. The molecule has 0 spiro atoms. The first kappa shape index (κ1) is 15.2. The summed E-state index contributed by atoms with van der Waals surface area (Å²) in [7, 11) is 0. The van der Waals surface area contributed by atoms with E-state index in [1.165, 1.54) is 0 Å². The van der Waals surface area contributed by atoms with Crippen LogP contribution in [0.15, 0.2) is 60.1 Å². The highest BCUT2D eigenvalue weighted by molar-refractivity contribution is 5.82. The first-order valence-corrected chi connectivity index (χ1v) is 6.29. The number of ether oxygens (including phenoxy) is 1. The molecule has 0 aromatic carbocycles. The molecule has 1 aliphatic rings. The van der Waals surface area contributed by atoms with E-state index in [1.54, 1.807) is 12.3 Å². The molecule has 19 heavy (non-hydrogen) atoms. The Hall–Kier alpha value is -1.87. The van der Waals surface area contributed by atoms with Gasteiger partial charge in [0.1, 0.15) is 6.29 Å². The molecule has 0 fully saturated rings. The molecule has 0 bridgehead atoms. The molecule has 1 aliphatic heterocycles. The highest BCUT2D eigenvalue weighted by Crippen LogP contribution is 2.31. The van der Waals surface area contributed by atoms with Crippen molar-refractivity contribution in [2.75, 3.05) is 6.61 Å². The van der Waals surface area contributed by atoms with E-state index < -0.39 is 0 Å². The van der Waals surface area contributed by atoms with Crippen LogP contribution in [0.1, 0.15) is 20.8 Å². The van der Waals surface area contributed by atoms with Crippen LogP contribution >= 0.6 is 0 Å². The van der Waals surface area contributed by atoms with Gasteiger partial charge < -0.3 is 9.64 Å². The molecule has 1 unspecified atom stereocenters. The summed E-state index contributed by atoms with van der Waals surface area (Å²) in [6.07, 6.45) is 7.97. The molecule has 0 saturated carbocycles. The third kappa shape index (κ3) is 3.12. The molecule has 0 radical (unpaired) electrons. The average Bonchev–Trinajstić information content (AvgIpc) is 2.43. The summed E-state index contributed by atoms with van der Waals surface area (Å²) in [6.45, 7) is 13.8. The van der Waals surface area contributed by atoms with Gasteiger partial charge in [-0.05, 0) is 32.4 Å². The minimum absolute atomic E-state index is 0.144. The van der Waals surface area contributed by atoms with Gasteiger partial charge in [0, 0.05) is 17.5 Å². The van der Waals surface area contributed by atoms with Crippen molar-refractivity contribution >= 4 is 6.29 Å². The third-order valence-corrected chi connectivity index (χ3v) is 3.11. The van der Waals surface area contributed by atoms with Crippen molar-refractivity contribution in [3.8, 4) is 0 Å². The largest absolute Gasteiger partial charge is 0.368 e. The molecule has 102 valence electrons. The van der Waals surface area contributed by atoms with Crippen molar-refractivity contribution in [2.24, 2.45) is 0 Å². The summed E-state index contributed by atoms with van der Waals surface area (Å²) in [5.74, 6) is 0. The number of aldehydes is 1. The van der Waals surface area contributed by atoms with Gasteiger partial charge in [-0.25, -0.2) is 0 Å². The van der Waals surface area contributed by atoms with Crippen molar-refractivity contribution in [1.82, 2.24) is 4.90 Å². The Morgan fingerprint density at radius 3 is 2.63 bits per heavy atom. The van der Waals surface area contributed by atoms with Gasteiger partial charge in [0.15, 0.2) is 0 Å². The lowest BCUT2D eigenvalue weighted by molar-refractivity contribution is -0.104. The van der Waals surface area contributed by atoms with Gasteiger partial charge in [-0.2, -0.15) is 0 Å². The minimum atomic E-state index is -0.144. The van der Waals surface area contributed by atoms with E-state index in [0.717, 1.165) is 23.3 Å². The molecule has 3 nitrogen and oxygen atoms in total. The van der Waals surface area contributed by atoms with Crippen molar-refractivity contribution < 1.29 is 9.53 Å². The standard InChI is InChI=1S/C16H21NO2/c1-6-9-19-13(5)16-12(4)14(11-18)10-15(7-2)17(16)8-3/h6-8,10-11,13H,1,3,9H2,2,4-5H3/b15-7-. The number of nitrogens with zero attached hydrogens (tertiary/aromatic N) is 1. The summed E-state index contributed by atoms with van der Waals surface area (Å²) in [6, 6.07) is 0. The van der Waals surface area contributed by atoms with Crippen LogP contribution in [-0.4, -0.2) is 23.9 Å². The highest BCUT2D eigenvalue weighted by Gasteiger charge is 2.25. The van der Waals surface area contributed by atoms with Crippen molar-refractivity contribution in [2.45, 2.75) is 26.9 Å². The van der Waals surface area contributed by atoms with Crippen LogP contribution in [0.25, 0.3) is 0 Å². The second-order valence-electron chi connectivity index (χ2n) is 4.26. The Bertz CT molecular complexity index is 469. The number of rotatable bonds is 6. The molecule has 3 heteroatoms. The zero-order valence-corrected chi connectivity index (χ0v) is 11.8. The first-order valence-electron chi connectivity index (χ1n) is 6.29. The highest BCUT2D eigenvalue weighted by atomic mass is 16.5. The van der Waals surface area contributed by atoms with Crippen LogP contribution in [0, 0.1) is 0 Å². The lowest BCUT2D eigenvalue weighted by Gasteiger charge is -2.33. The molecule has 1 heterocycles. The molecule has 0 aromatic heterocycles. The van der Waals surface area contributed by atoms with Crippen LogP contribution in [0.2, 0.25) is 0 Å². The van der Waals surface area contributed by atoms with Crippen molar-refractivity contribution in [3.63, 3.8) is 0 Å². The van der Waals surface area contributed by atoms with E-state index in [9.17, 15) is 4.79 Å². The van der Waals surface area contributed by atoms with Gasteiger partial charge in [-0.15, -0.1) is 6.58 Å². The second-order valence-corrected chi connectivity index (χ2v) is 4.26. The van der Waals surface area contributed by atoms with Crippen molar-refractivity contribution in [3.05, 3.63) is 60.1 Å². The zero-order chi connectivity index (χ0) is 14.4. The molecule has 0 aliphatic carbocycles. The Balaban J connectivity index is 3.26. The predicted molar refractivity (Wildman–Crippen MR) is 78.3 cm³/mol. The predicted octanol–water partition coefficient (Wildman–Crippen LogP) is 3.34. The topological polar surface area (TPSA) is 29.5 Å². The zero-order valence-electron chi connectivity index (χ0n) is 11.8. The first-order chi connectivity index (χ1) is 9.10. The maximum absolute atomic E-state index is 11.2. The summed E-state index contributed by atoms with van der Waals surface area (Å²) in [5.41, 5.74) is 3.45. The van der Waals surface area contributed by atoms with Crippen LogP contribution in [0.4, 0.5) is 0 Å². The number of carbonyl (C=O) groups excluding carboxylic acids is 1. The number of allylic oxidation sites excluding steroid dienone is 4. The van der Waals surface area contributed by atoms with E-state index in [2.05, 4.69) is 13.2 Å². The van der Waals surface area contributed by atoms with E-state index in [0.29, 0.717) is 12.2 Å². The summed E-state index contributed by atoms with van der Waals surface area (Å²) in [5, 5.41) is 0. The van der Waals surface area contributed by atoms with Gasteiger partial charge in [0.25, 0.3) is 0 Å². The number of hydrogen-bond acceptors (Lipinski definition) is 3. The molecule has 0 aromatic rings. The minimum Gasteiger partial charge on any atom is -0.368 e. The van der Waals surface area contributed by atoms with Gasteiger partial charge >= 0.3 is 0 Å². The molecular formula is C16H21NO2. The maximum Gasteiger partial charge on any atom is 0.150 e. The van der Waals surface area contributed by atoms with Crippen LogP contribution in [-0.2, 0) is 9.53 Å². The fourth-order valence-corrected chi connectivity index (χ4v) is 2.15. The molecule has 0 N–H and O–H groups in total. The Kier molecular flexibility index (Phi) is 5.52. The van der Waals surface area contributed by atoms with Gasteiger partial charge in [0.2, 0.25) is 0 Å². The lowest BCUT2D eigenvalue weighted by atomic mass is 9.97. The van der Waals surface area contributed by atoms with Crippen molar-refractivity contribution in [1.29, 1.82) is 0 Å². The van der Waals surface area contributed by atoms with Gasteiger partial charge in [0.05, 0.1) is 18.4 Å².